The zero-order valence-electron chi connectivity index (χ0n) is 14.9. The lowest BCUT2D eigenvalue weighted by Crippen LogP contribution is -2.37. The Morgan fingerprint density at radius 1 is 1.04 bits per heavy atom. The average molecular weight is 334 g/mol. The Bertz CT molecular complexity index is 691. The van der Waals surface area contributed by atoms with E-state index in [9.17, 15) is 10.2 Å². The monoisotopic (exact) mass is 334 g/mol. The van der Waals surface area contributed by atoms with E-state index < -0.39 is 12.2 Å². The fraction of sp³-hybridized carbons (Fsp3) is 0.500. The average Bonchev–Trinajstić information content (AvgIpc) is 2.52. The third-order valence-corrected chi connectivity index (χ3v) is 3.80. The molecule has 0 saturated carbocycles. The lowest BCUT2D eigenvalue weighted by atomic mass is 10.1. The lowest BCUT2D eigenvalue weighted by Gasteiger charge is -2.27. The van der Waals surface area contributed by atoms with Crippen LogP contribution in [-0.4, -0.2) is 54.7 Å². The van der Waals surface area contributed by atoms with Crippen molar-refractivity contribution in [3.8, 4) is 11.5 Å². The van der Waals surface area contributed by atoms with Gasteiger partial charge in [0, 0.05) is 18.5 Å². The first-order valence-electron chi connectivity index (χ1n) is 8.00. The molecule has 24 heavy (non-hydrogen) atoms. The van der Waals surface area contributed by atoms with Crippen LogP contribution in [0.3, 0.4) is 0 Å². The van der Waals surface area contributed by atoms with Gasteiger partial charge in [-0.15, -0.1) is 0 Å². The summed E-state index contributed by atoms with van der Waals surface area (Å²) in [5.41, 5.74) is 1.69. The van der Waals surface area contributed by atoms with E-state index in [4.69, 9.17) is 14.5 Å². The first-order valence-corrected chi connectivity index (χ1v) is 8.00. The number of aromatic nitrogens is 1. The molecule has 6 nitrogen and oxygen atoms in total. The van der Waals surface area contributed by atoms with Crippen LogP contribution in [0.5, 0.6) is 11.5 Å². The van der Waals surface area contributed by atoms with Crippen molar-refractivity contribution in [3.63, 3.8) is 0 Å². The smallest absolute Gasteiger partial charge is 0.145 e. The molecule has 0 spiro atoms. The second-order valence-electron chi connectivity index (χ2n) is 6.09. The van der Waals surface area contributed by atoms with E-state index in [-0.39, 0.29) is 0 Å². The predicted octanol–water partition coefficient (Wildman–Crippen LogP) is 2.13. The van der Waals surface area contributed by atoms with Crippen molar-refractivity contribution in [1.82, 2.24) is 4.98 Å². The van der Waals surface area contributed by atoms with E-state index in [1.165, 1.54) is 0 Å². The standard InChI is InChI=1S/C18H26N2O4/c1-11-8-16(20(9-12(2)21)10-13(3)22)19-18-15(24-5)7-6-14(23-4)17(11)18/h6-8,12-13,21-22H,9-10H2,1-5H3/t12-,13-/m0/s1. The van der Waals surface area contributed by atoms with E-state index in [2.05, 4.69) is 0 Å². The molecule has 2 aromatic rings. The molecular weight excluding hydrogens is 308 g/mol. The Hall–Kier alpha value is -2.05. The van der Waals surface area contributed by atoms with Gasteiger partial charge < -0.3 is 24.6 Å². The Balaban J connectivity index is 2.62. The molecule has 1 aromatic carbocycles. The van der Waals surface area contributed by atoms with Gasteiger partial charge in [-0.2, -0.15) is 0 Å². The van der Waals surface area contributed by atoms with Crippen molar-refractivity contribution in [1.29, 1.82) is 0 Å². The molecule has 2 rings (SSSR count). The van der Waals surface area contributed by atoms with Gasteiger partial charge in [-0.25, -0.2) is 4.98 Å². The summed E-state index contributed by atoms with van der Waals surface area (Å²) in [7, 11) is 3.23. The maximum absolute atomic E-state index is 9.77. The van der Waals surface area contributed by atoms with E-state index in [0.29, 0.717) is 30.2 Å². The highest BCUT2D eigenvalue weighted by atomic mass is 16.5. The van der Waals surface area contributed by atoms with Crippen molar-refractivity contribution in [2.24, 2.45) is 0 Å². The number of nitrogens with zero attached hydrogens (tertiary/aromatic N) is 2. The minimum Gasteiger partial charge on any atom is -0.496 e. The Morgan fingerprint density at radius 2 is 1.58 bits per heavy atom. The molecule has 6 heteroatoms. The molecular formula is C18H26N2O4. The summed E-state index contributed by atoms with van der Waals surface area (Å²) in [6.07, 6.45) is -1.07. The van der Waals surface area contributed by atoms with Gasteiger partial charge in [0.15, 0.2) is 0 Å². The van der Waals surface area contributed by atoms with Gasteiger partial charge in [0.1, 0.15) is 22.8 Å². The van der Waals surface area contributed by atoms with Gasteiger partial charge >= 0.3 is 0 Å². The second kappa shape index (κ2) is 7.68. The molecule has 0 radical (unpaired) electrons. The molecule has 2 N–H and O–H groups in total. The molecule has 0 saturated heterocycles. The number of methoxy groups -OCH3 is 2. The van der Waals surface area contributed by atoms with Gasteiger partial charge in [-0.3, -0.25) is 0 Å². The molecule has 0 aliphatic carbocycles. The number of anilines is 1. The number of aliphatic hydroxyl groups is 2. The molecule has 0 unspecified atom stereocenters. The number of fused-ring (bicyclic) bond motifs is 1. The number of aryl methyl sites for hydroxylation is 1. The largest absolute Gasteiger partial charge is 0.496 e. The van der Waals surface area contributed by atoms with Crippen LogP contribution < -0.4 is 14.4 Å². The van der Waals surface area contributed by atoms with E-state index in [1.54, 1.807) is 28.1 Å². The van der Waals surface area contributed by atoms with Crippen LogP contribution in [0.2, 0.25) is 0 Å². The lowest BCUT2D eigenvalue weighted by molar-refractivity contribution is 0.178. The minimum atomic E-state index is -0.534. The molecule has 0 aliphatic heterocycles. The highest BCUT2D eigenvalue weighted by molar-refractivity contribution is 5.94. The van der Waals surface area contributed by atoms with Crippen molar-refractivity contribution in [2.75, 3.05) is 32.2 Å². The molecule has 0 bridgehead atoms. The molecule has 0 fully saturated rings. The van der Waals surface area contributed by atoms with Gasteiger partial charge in [0.25, 0.3) is 0 Å². The quantitative estimate of drug-likeness (QED) is 0.808. The van der Waals surface area contributed by atoms with Gasteiger partial charge in [-0.05, 0) is 44.5 Å². The highest BCUT2D eigenvalue weighted by Crippen LogP contribution is 2.36. The van der Waals surface area contributed by atoms with Crippen molar-refractivity contribution < 1.29 is 19.7 Å². The maximum Gasteiger partial charge on any atom is 0.145 e. The van der Waals surface area contributed by atoms with E-state index >= 15 is 0 Å². The van der Waals surface area contributed by atoms with Crippen LogP contribution in [-0.2, 0) is 0 Å². The number of aliphatic hydroxyl groups excluding tert-OH is 2. The summed E-state index contributed by atoms with van der Waals surface area (Å²) in [5.74, 6) is 2.08. The minimum absolute atomic E-state index is 0.384. The molecule has 132 valence electrons. The summed E-state index contributed by atoms with van der Waals surface area (Å²) in [5, 5.41) is 20.4. The molecule has 2 atom stereocenters. The zero-order valence-corrected chi connectivity index (χ0v) is 14.9. The zero-order chi connectivity index (χ0) is 17.9. The van der Waals surface area contributed by atoms with Crippen molar-refractivity contribution >= 4 is 16.7 Å². The van der Waals surface area contributed by atoms with Gasteiger partial charge in [0.05, 0.1) is 26.4 Å². The summed E-state index contributed by atoms with van der Waals surface area (Å²) >= 11 is 0. The molecule has 1 heterocycles. The first-order chi connectivity index (χ1) is 11.4. The van der Waals surface area contributed by atoms with Gasteiger partial charge in [0.2, 0.25) is 0 Å². The van der Waals surface area contributed by atoms with Crippen LogP contribution in [0.4, 0.5) is 5.82 Å². The number of benzene rings is 1. The number of hydrogen-bond acceptors (Lipinski definition) is 6. The summed E-state index contributed by atoms with van der Waals surface area (Å²) < 4.78 is 10.9. The first kappa shape index (κ1) is 18.3. The number of pyridine rings is 1. The van der Waals surface area contributed by atoms with Crippen LogP contribution in [0.1, 0.15) is 19.4 Å². The van der Waals surface area contributed by atoms with Gasteiger partial charge in [-0.1, -0.05) is 0 Å². The van der Waals surface area contributed by atoms with Crippen molar-refractivity contribution in [3.05, 3.63) is 23.8 Å². The highest BCUT2D eigenvalue weighted by Gasteiger charge is 2.18. The van der Waals surface area contributed by atoms with Crippen LogP contribution in [0.25, 0.3) is 10.9 Å². The van der Waals surface area contributed by atoms with E-state index in [0.717, 1.165) is 16.7 Å². The predicted molar refractivity (Wildman–Crippen MR) is 95.2 cm³/mol. The normalized spacial score (nSPS) is 13.6. The van der Waals surface area contributed by atoms with Crippen LogP contribution in [0, 0.1) is 6.92 Å². The number of ether oxygens (including phenoxy) is 2. The fourth-order valence-electron chi connectivity index (χ4n) is 2.85. The third kappa shape index (κ3) is 3.88. The molecule has 1 aromatic heterocycles. The SMILES string of the molecule is COc1ccc(OC)c2c(C)cc(N(C[C@H](C)O)C[C@H](C)O)nc12. The summed E-state index contributed by atoms with van der Waals surface area (Å²) in [6.45, 7) is 6.18. The van der Waals surface area contributed by atoms with Crippen LogP contribution in [0.15, 0.2) is 18.2 Å². The fourth-order valence-corrected chi connectivity index (χ4v) is 2.85. The maximum atomic E-state index is 9.77. The Kier molecular flexibility index (Phi) is 5.85. The summed E-state index contributed by atoms with van der Waals surface area (Å²) in [6, 6.07) is 5.62. The molecule has 0 aliphatic rings. The summed E-state index contributed by atoms with van der Waals surface area (Å²) in [4.78, 5) is 6.60. The third-order valence-electron chi connectivity index (χ3n) is 3.80. The number of hydrogen-bond donors (Lipinski definition) is 2. The Labute approximate surface area is 142 Å². The van der Waals surface area contributed by atoms with E-state index in [1.807, 2.05) is 30.0 Å². The topological polar surface area (TPSA) is 75.1 Å². The van der Waals surface area contributed by atoms with Crippen molar-refractivity contribution in [2.45, 2.75) is 33.0 Å². The molecule has 0 amide bonds. The van der Waals surface area contributed by atoms with Crippen LogP contribution >= 0.6 is 0 Å². The number of rotatable bonds is 7. The second-order valence-corrected chi connectivity index (χ2v) is 6.09. The Morgan fingerprint density at radius 3 is 2.08 bits per heavy atom.